The molecular formula is C31H34N2O5. The molecule has 1 aliphatic carbocycles. The van der Waals surface area contributed by atoms with Gasteiger partial charge in [-0.3, -0.25) is 4.79 Å². The van der Waals surface area contributed by atoms with Gasteiger partial charge in [0.05, 0.1) is 18.7 Å². The minimum Gasteiger partial charge on any atom is -0.493 e. The molecule has 1 saturated heterocycles. The molecule has 38 heavy (non-hydrogen) atoms. The Kier molecular flexibility index (Phi) is 7.91. The standard InChI is InChI=1S/C31H34N2O5/c1-21-28(32-30(38-21)23-7-3-2-4-8-23)15-16-37-27-13-11-22(12-14-27)17-26(31(35)36)18-29(34)33-19-24-9-5-6-10-25(24)20-33/h2-4,7-8,11-14,17,24-25H,5-6,9-10,15-16,18-20H2,1H3,(H,35,36)/b26-17-/t24-,25+. The van der Waals surface area contributed by atoms with Crippen molar-refractivity contribution in [1.29, 1.82) is 0 Å². The zero-order valence-corrected chi connectivity index (χ0v) is 21.8. The number of carbonyl (C=O) groups excluding carboxylic acids is 1. The van der Waals surface area contributed by atoms with E-state index >= 15 is 0 Å². The fourth-order valence-corrected chi connectivity index (χ4v) is 5.56. The molecule has 7 heteroatoms. The normalized spacial score (nSPS) is 19.3. The van der Waals surface area contributed by atoms with Gasteiger partial charge in [-0.25, -0.2) is 9.78 Å². The minimum absolute atomic E-state index is 0.0882. The van der Waals surface area contributed by atoms with Crippen LogP contribution in [0.15, 0.2) is 64.6 Å². The van der Waals surface area contributed by atoms with Crippen LogP contribution in [-0.2, 0) is 16.0 Å². The zero-order valence-electron chi connectivity index (χ0n) is 21.8. The molecule has 0 unspecified atom stereocenters. The molecule has 1 aliphatic heterocycles. The first-order chi connectivity index (χ1) is 18.5. The van der Waals surface area contributed by atoms with E-state index < -0.39 is 5.97 Å². The highest BCUT2D eigenvalue weighted by Gasteiger charge is 2.36. The SMILES string of the molecule is Cc1oc(-c2ccccc2)nc1CCOc1ccc(/C=C(/CC(=O)N2C[C@H]3CCCC[C@H]3C2)C(=O)O)cc1. The molecule has 7 nitrogen and oxygen atoms in total. The molecule has 0 spiro atoms. The lowest BCUT2D eigenvalue weighted by molar-refractivity contribution is -0.136. The van der Waals surface area contributed by atoms with Gasteiger partial charge in [-0.1, -0.05) is 43.2 Å². The third kappa shape index (κ3) is 6.15. The van der Waals surface area contributed by atoms with E-state index in [1.165, 1.54) is 25.7 Å². The van der Waals surface area contributed by atoms with Crippen molar-refractivity contribution in [3.05, 3.63) is 77.2 Å². The Morgan fingerprint density at radius 3 is 2.39 bits per heavy atom. The van der Waals surface area contributed by atoms with Gasteiger partial charge in [0.15, 0.2) is 0 Å². The van der Waals surface area contributed by atoms with Crippen molar-refractivity contribution >= 4 is 18.0 Å². The number of hydrogen-bond donors (Lipinski definition) is 1. The number of aryl methyl sites for hydroxylation is 1. The average molecular weight is 515 g/mol. The molecule has 0 bridgehead atoms. The number of aliphatic carboxylic acids is 1. The lowest BCUT2D eigenvalue weighted by Gasteiger charge is -2.22. The van der Waals surface area contributed by atoms with Gasteiger partial charge in [0.25, 0.3) is 0 Å². The number of carbonyl (C=O) groups is 2. The van der Waals surface area contributed by atoms with Gasteiger partial charge in [-0.2, -0.15) is 0 Å². The molecule has 1 N–H and O–H groups in total. The van der Waals surface area contributed by atoms with E-state index in [1.54, 1.807) is 6.08 Å². The van der Waals surface area contributed by atoms with Gasteiger partial charge >= 0.3 is 5.97 Å². The Labute approximate surface area is 223 Å². The van der Waals surface area contributed by atoms with Crippen LogP contribution in [0, 0.1) is 18.8 Å². The van der Waals surface area contributed by atoms with Crippen molar-refractivity contribution in [1.82, 2.24) is 9.88 Å². The predicted molar refractivity (Wildman–Crippen MR) is 145 cm³/mol. The average Bonchev–Trinajstić information content (AvgIpc) is 3.53. The fraction of sp³-hybridized carbons (Fsp3) is 0.387. The van der Waals surface area contributed by atoms with Crippen LogP contribution in [0.25, 0.3) is 17.5 Å². The summed E-state index contributed by atoms with van der Waals surface area (Å²) in [7, 11) is 0. The van der Waals surface area contributed by atoms with Crippen LogP contribution in [0.5, 0.6) is 5.75 Å². The molecule has 2 heterocycles. The third-order valence-electron chi connectivity index (χ3n) is 7.69. The highest BCUT2D eigenvalue weighted by Crippen LogP contribution is 2.36. The van der Waals surface area contributed by atoms with E-state index in [2.05, 4.69) is 4.98 Å². The van der Waals surface area contributed by atoms with Crippen molar-refractivity contribution < 1.29 is 23.8 Å². The summed E-state index contributed by atoms with van der Waals surface area (Å²) in [5.74, 6) is 2.06. The van der Waals surface area contributed by atoms with Crippen molar-refractivity contribution in [2.45, 2.75) is 45.4 Å². The number of benzene rings is 2. The number of oxazole rings is 1. The molecule has 3 aromatic rings. The largest absolute Gasteiger partial charge is 0.493 e. The number of hydrogen-bond acceptors (Lipinski definition) is 5. The summed E-state index contributed by atoms with van der Waals surface area (Å²) < 4.78 is 11.7. The molecular weight excluding hydrogens is 480 g/mol. The Morgan fingerprint density at radius 1 is 1.05 bits per heavy atom. The molecule has 2 atom stereocenters. The Balaban J connectivity index is 1.15. The Bertz CT molecular complexity index is 1280. The summed E-state index contributed by atoms with van der Waals surface area (Å²) in [5.41, 5.74) is 2.62. The quantitative estimate of drug-likeness (QED) is 0.364. The third-order valence-corrected chi connectivity index (χ3v) is 7.69. The van der Waals surface area contributed by atoms with Crippen LogP contribution in [-0.4, -0.2) is 46.6 Å². The highest BCUT2D eigenvalue weighted by atomic mass is 16.5. The van der Waals surface area contributed by atoms with Gasteiger partial charge in [0.1, 0.15) is 11.5 Å². The molecule has 2 aromatic carbocycles. The maximum Gasteiger partial charge on any atom is 0.332 e. The van der Waals surface area contributed by atoms with E-state index in [1.807, 2.05) is 66.4 Å². The van der Waals surface area contributed by atoms with Gasteiger partial charge < -0.3 is 19.2 Å². The van der Waals surface area contributed by atoms with Gasteiger partial charge in [0.2, 0.25) is 11.8 Å². The van der Waals surface area contributed by atoms with E-state index in [-0.39, 0.29) is 17.9 Å². The van der Waals surface area contributed by atoms with Crippen LogP contribution in [0.3, 0.4) is 0 Å². The van der Waals surface area contributed by atoms with Crippen LogP contribution in [0.4, 0.5) is 0 Å². The molecule has 1 saturated carbocycles. The lowest BCUT2D eigenvalue weighted by Crippen LogP contribution is -2.29. The summed E-state index contributed by atoms with van der Waals surface area (Å²) in [4.78, 5) is 31.2. The molecule has 0 radical (unpaired) electrons. The second kappa shape index (κ2) is 11.7. The van der Waals surface area contributed by atoms with Crippen molar-refractivity contribution in [2.75, 3.05) is 19.7 Å². The number of fused-ring (bicyclic) bond motifs is 1. The topological polar surface area (TPSA) is 92.9 Å². The highest BCUT2D eigenvalue weighted by molar-refractivity contribution is 5.98. The van der Waals surface area contributed by atoms with E-state index in [9.17, 15) is 14.7 Å². The van der Waals surface area contributed by atoms with Gasteiger partial charge in [-0.15, -0.1) is 0 Å². The summed E-state index contributed by atoms with van der Waals surface area (Å²) in [6.07, 6.45) is 6.92. The fourth-order valence-electron chi connectivity index (χ4n) is 5.56. The second-order valence-corrected chi connectivity index (χ2v) is 10.3. The predicted octanol–water partition coefficient (Wildman–Crippen LogP) is 5.78. The first kappa shape index (κ1) is 25.8. The molecule has 198 valence electrons. The lowest BCUT2D eigenvalue weighted by atomic mass is 9.82. The van der Waals surface area contributed by atoms with Crippen LogP contribution in [0.2, 0.25) is 0 Å². The number of ether oxygens (including phenoxy) is 1. The van der Waals surface area contributed by atoms with Gasteiger partial charge in [0, 0.05) is 30.6 Å². The number of nitrogens with zero attached hydrogens (tertiary/aromatic N) is 2. The molecule has 5 rings (SSSR count). The van der Waals surface area contributed by atoms with Crippen LogP contribution < -0.4 is 4.74 Å². The maximum absolute atomic E-state index is 12.9. The number of carboxylic acid groups (broad SMARTS) is 1. The van der Waals surface area contributed by atoms with Gasteiger partial charge in [-0.05, 0) is 67.5 Å². The number of rotatable bonds is 9. The van der Waals surface area contributed by atoms with Crippen molar-refractivity contribution in [3.8, 4) is 17.2 Å². The van der Waals surface area contributed by atoms with Crippen molar-refractivity contribution in [3.63, 3.8) is 0 Å². The number of carboxylic acids is 1. The van der Waals surface area contributed by atoms with Crippen molar-refractivity contribution in [2.24, 2.45) is 11.8 Å². The number of amides is 1. The summed E-state index contributed by atoms with van der Waals surface area (Å²) in [5, 5.41) is 9.73. The summed E-state index contributed by atoms with van der Waals surface area (Å²) in [6.45, 7) is 3.87. The first-order valence-corrected chi connectivity index (χ1v) is 13.4. The van der Waals surface area contributed by atoms with E-state index in [4.69, 9.17) is 9.15 Å². The molecule has 1 amide bonds. The summed E-state index contributed by atoms with van der Waals surface area (Å²) >= 11 is 0. The Morgan fingerprint density at radius 2 is 1.74 bits per heavy atom. The molecule has 2 fully saturated rings. The summed E-state index contributed by atoms with van der Waals surface area (Å²) in [6, 6.07) is 17.0. The van der Waals surface area contributed by atoms with Crippen LogP contribution in [0.1, 0.15) is 49.1 Å². The molecule has 1 aromatic heterocycles. The zero-order chi connectivity index (χ0) is 26.5. The maximum atomic E-state index is 12.9. The molecule has 2 aliphatic rings. The van der Waals surface area contributed by atoms with E-state index in [0.29, 0.717) is 36.5 Å². The smallest absolute Gasteiger partial charge is 0.332 e. The first-order valence-electron chi connectivity index (χ1n) is 13.4. The number of aromatic nitrogens is 1. The minimum atomic E-state index is -1.06. The number of likely N-dealkylation sites (tertiary alicyclic amines) is 1. The van der Waals surface area contributed by atoms with Crippen LogP contribution >= 0.6 is 0 Å². The Hall–Kier alpha value is -3.87. The monoisotopic (exact) mass is 514 g/mol. The van der Waals surface area contributed by atoms with E-state index in [0.717, 1.165) is 35.7 Å². The second-order valence-electron chi connectivity index (χ2n) is 10.3.